The number of aryl methyl sites for hydroxylation is 2. The Labute approximate surface area is 95.8 Å². The molecule has 0 saturated carbocycles. The zero-order valence-corrected chi connectivity index (χ0v) is 9.58. The third-order valence-electron chi connectivity index (χ3n) is 1.98. The molecule has 0 aliphatic rings. The number of carbonyl (C=O) groups is 1. The van der Waals surface area contributed by atoms with E-state index in [0.29, 0.717) is 5.69 Å². The van der Waals surface area contributed by atoms with Crippen LogP contribution < -0.4 is 5.32 Å². The third-order valence-corrected chi connectivity index (χ3v) is 2.57. The summed E-state index contributed by atoms with van der Waals surface area (Å²) in [7, 11) is 0. The molecule has 0 aromatic carbocycles. The normalized spacial score (nSPS) is 10.1. The molecule has 6 nitrogen and oxygen atoms in total. The van der Waals surface area contributed by atoms with E-state index < -0.39 is 0 Å². The van der Waals surface area contributed by atoms with E-state index in [4.69, 9.17) is 0 Å². The number of hydrogen-bond donors (Lipinski definition) is 1. The Morgan fingerprint density at radius 3 is 2.75 bits per heavy atom. The van der Waals surface area contributed by atoms with E-state index in [1.54, 1.807) is 17.8 Å². The van der Waals surface area contributed by atoms with E-state index in [-0.39, 0.29) is 11.9 Å². The van der Waals surface area contributed by atoms with Gasteiger partial charge in [0.15, 0.2) is 0 Å². The van der Waals surface area contributed by atoms with Crippen molar-refractivity contribution in [1.82, 2.24) is 20.2 Å². The van der Waals surface area contributed by atoms with Crippen molar-refractivity contribution in [2.45, 2.75) is 13.8 Å². The largest absolute Gasteiger partial charge is 0.288 e. The molecule has 1 amide bonds. The fraction of sp³-hybridized carbons (Fsp3) is 0.222. The molecule has 2 heterocycles. The second-order valence-electron chi connectivity index (χ2n) is 3.13. The summed E-state index contributed by atoms with van der Waals surface area (Å²) in [5.41, 5.74) is 3.43. The van der Waals surface area contributed by atoms with E-state index in [1.165, 1.54) is 11.3 Å². The van der Waals surface area contributed by atoms with Crippen molar-refractivity contribution in [3.05, 3.63) is 28.0 Å². The lowest BCUT2D eigenvalue weighted by molar-refractivity contribution is 0.102. The first kappa shape index (κ1) is 10.6. The molecule has 0 saturated heterocycles. The first-order chi connectivity index (χ1) is 7.66. The van der Waals surface area contributed by atoms with Crippen molar-refractivity contribution in [2.75, 3.05) is 5.32 Å². The summed E-state index contributed by atoms with van der Waals surface area (Å²) in [6.07, 6.45) is 0. The molecule has 0 aliphatic heterocycles. The number of nitrogens with one attached hydrogen (secondary N) is 1. The lowest BCUT2D eigenvalue weighted by atomic mass is 10.4. The zero-order chi connectivity index (χ0) is 11.5. The van der Waals surface area contributed by atoms with Crippen molar-refractivity contribution in [2.24, 2.45) is 0 Å². The second kappa shape index (κ2) is 4.31. The standard InChI is InChI=1S/C9H9N5OS/c1-5-6(2)13-14-9(11-5)12-8(15)7-3-16-4-10-7/h3-4H,1-2H3,(H,11,12,14,15). The summed E-state index contributed by atoms with van der Waals surface area (Å²) in [6, 6.07) is 0. The van der Waals surface area contributed by atoms with Crippen molar-refractivity contribution in [3.8, 4) is 0 Å². The average molecular weight is 235 g/mol. The lowest BCUT2D eigenvalue weighted by Gasteiger charge is -2.02. The quantitative estimate of drug-likeness (QED) is 0.845. The summed E-state index contributed by atoms with van der Waals surface area (Å²) < 4.78 is 0. The molecule has 16 heavy (non-hydrogen) atoms. The number of rotatable bonds is 2. The van der Waals surface area contributed by atoms with Gasteiger partial charge in [-0.05, 0) is 13.8 Å². The molecule has 82 valence electrons. The van der Waals surface area contributed by atoms with Gasteiger partial charge in [-0.3, -0.25) is 10.1 Å². The van der Waals surface area contributed by atoms with Gasteiger partial charge in [-0.25, -0.2) is 9.97 Å². The minimum atomic E-state index is -0.327. The van der Waals surface area contributed by atoms with E-state index in [1.807, 2.05) is 6.92 Å². The minimum absolute atomic E-state index is 0.195. The fourth-order valence-electron chi connectivity index (χ4n) is 1.00. The van der Waals surface area contributed by atoms with Gasteiger partial charge in [-0.1, -0.05) is 0 Å². The molecule has 2 rings (SSSR count). The molecule has 7 heteroatoms. The van der Waals surface area contributed by atoms with Gasteiger partial charge in [0.05, 0.1) is 16.9 Å². The van der Waals surface area contributed by atoms with Gasteiger partial charge < -0.3 is 0 Å². The molecule has 0 aliphatic carbocycles. The smallest absolute Gasteiger partial charge is 0.277 e. The Hall–Kier alpha value is -1.89. The van der Waals surface area contributed by atoms with Gasteiger partial charge in [0, 0.05) is 5.38 Å². The molecule has 0 fully saturated rings. The first-order valence-electron chi connectivity index (χ1n) is 4.54. The maximum Gasteiger partial charge on any atom is 0.277 e. The van der Waals surface area contributed by atoms with Gasteiger partial charge in [-0.15, -0.1) is 16.4 Å². The molecule has 0 bridgehead atoms. The van der Waals surface area contributed by atoms with Crippen molar-refractivity contribution >= 4 is 23.2 Å². The van der Waals surface area contributed by atoms with Gasteiger partial charge in [0.25, 0.3) is 5.91 Å². The number of hydrogen-bond acceptors (Lipinski definition) is 6. The SMILES string of the molecule is Cc1nnc(NC(=O)c2cscn2)nc1C. The average Bonchev–Trinajstić information content (AvgIpc) is 2.77. The molecule has 2 aromatic rings. The monoisotopic (exact) mass is 235 g/mol. The molecule has 2 aromatic heterocycles. The number of aromatic nitrogens is 4. The van der Waals surface area contributed by atoms with Crippen molar-refractivity contribution < 1.29 is 4.79 Å². The van der Waals surface area contributed by atoms with Gasteiger partial charge in [-0.2, -0.15) is 5.10 Å². The van der Waals surface area contributed by atoms with Crippen LogP contribution in [0.4, 0.5) is 5.95 Å². The van der Waals surface area contributed by atoms with Crippen LogP contribution in [0.5, 0.6) is 0 Å². The van der Waals surface area contributed by atoms with E-state index in [9.17, 15) is 4.79 Å². The van der Waals surface area contributed by atoms with Crippen LogP contribution in [0.25, 0.3) is 0 Å². The van der Waals surface area contributed by atoms with Gasteiger partial charge in [0.2, 0.25) is 5.95 Å². The predicted octanol–water partition coefficient (Wildman–Crippen LogP) is 1.20. The van der Waals surface area contributed by atoms with E-state index in [2.05, 4.69) is 25.5 Å². The number of carbonyl (C=O) groups excluding carboxylic acids is 1. The maximum atomic E-state index is 11.6. The summed E-state index contributed by atoms with van der Waals surface area (Å²) in [5, 5.41) is 11.8. The van der Waals surface area contributed by atoms with Crippen molar-refractivity contribution in [1.29, 1.82) is 0 Å². The van der Waals surface area contributed by atoms with Crippen LogP contribution in [0.3, 0.4) is 0 Å². The Morgan fingerprint density at radius 1 is 1.31 bits per heavy atom. The van der Waals surface area contributed by atoms with Crippen LogP contribution in [0.2, 0.25) is 0 Å². The first-order valence-corrected chi connectivity index (χ1v) is 5.48. The third kappa shape index (κ3) is 2.19. The van der Waals surface area contributed by atoms with Crippen LogP contribution in [0.15, 0.2) is 10.9 Å². The highest BCUT2D eigenvalue weighted by Gasteiger charge is 2.10. The molecule has 0 spiro atoms. The summed E-state index contributed by atoms with van der Waals surface area (Å²) in [6.45, 7) is 3.61. The summed E-state index contributed by atoms with van der Waals surface area (Å²) in [5.74, 6) is -0.132. The van der Waals surface area contributed by atoms with Crippen LogP contribution in [0.1, 0.15) is 21.9 Å². The molecule has 0 atom stereocenters. The molecular formula is C9H9N5OS. The number of nitrogens with zero attached hydrogens (tertiary/aromatic N) is 4. The minimum Gasteiger partial charge on any atom is -0.288 e. The van der Waals surface area contributed by atoms with Crippen LogP contribution >= 0.6 is 11.3 Å². The summed E-state index contributed by atoms with van der Waals surface area (Å²) in [4.78, 5) is 19.6. The second-order valence-corrected chi connectivity index (χ2v) is 3.85. The molecule has 1 N–H and O–H groups in total. The Balaban J connectivity index is 2.15. The number of thiazole rings is 1. The zero-order valence-electron chi connectivity index (χ0n) is 8.76. The highest BCUT2D eigenvalue weighted by molar-refractivity contribution is 7.07. The lowest BCUT2D eigenvalue weighted by Crippen LogP contribution is -2.15. The fourth-order valence-corrected chi connectivity index (χ4v) is 1.53. The van der Waals surface area contributed by atoms with Crippen molar-refractivity contribution in [3.63, 3.8) is 0 Å². The van der Waals surface area contributed by atoms with E-state index in [0.717, 1.165) is 11.4 Å². The highest BCUT2D eigenvalue weighted by Crippen LogP contribution is 2.06. The Morgan fingerprint density at radius 2 is 2.12 bits per heavy atom. The molecule has 0 unspecified atom stereocenters. The molecule has 0 radical (unpaired) electrons. The highest BCUT2D eigenvalue weighted by atomic mass is 32.1. The Bertz CT molecular complexity index is 511. The predicted molar refractivity (Wildman–Crippen MR) is 59.4 cm³/mol. The maximum absolute atomic E-state index is 11.6. The van der Waals surface area contributed by atoms with Crippen LogP contribution in [-0.2, 0) is 0 Å². The Kier molecular flexibility index (Phi) is 2.86. The summed E-state index contributed by atoms with van der Waals surface area (Å²) >= 11 is 1.36. The number of anilines is 1. The van der Waals surface area contributed by atoms with Gasteiger partial charge >= 0.3 is 0 Å². The van der Waals surface area contributed by atoms with E-state index >= 15 is 0 Å². The van der Waals surface area contributed by atoms with Crippen LogP contribution in [0, 0.1) is 13.8 Å². The topological polar surface area (TPSA) is 80.7 Å². The van der Waals surface area contributed by atoms with Crippen LogP contribution in [-0.4, -0.2) is 26.1 Å². The molecular weight excluding hydrogens is 226 g/mol. The number of amides is 1. The van der Waals surface area contributed by atoms with Gasteiger partial charge in [0.1, 0.15) is 5.69 Å².